The Hall–Kier alpha value is 1.81. The second kappa shape index (κ2) is 5.94. The molecule has 0 bridgehead atoms. The average molecular weight is 298 g/mol. The summed E-state index contributed by atoms with van der Waals surface area (Å²) in [6.45, 7) is 0. The van der Waals surface area contributed by atoms with Crippen LogP contribution in [0.5, 0.6) is 0 Å². The number of phosphoric acid groups is 2. The van der Waals surface area contributed by atoms with Gasteiger partial charge in [-0.05, 0) is 0 Å². The molecule has 0 heterocycles. The molecule has 0 radical (unpaired) electrons. The van der Waals surface area contributed by atoms with Crippen LogP contribution in [0.3, 0.4) is 0 Å². The molecular formula is H5KO10P2S. The van der Waals surface area contributed by atoms with E-state index in [1.807, 2.05) is 0 Å². The number of rotatable bonds is 4. The van der Waals surface area contributed by atoms with Gasteiger partial charge >= 0.3 is 77.4 Å². The van der Waals surface area contributed by atoms with Gasteiger partial charge in [0.25, 0.3) is 0 Å². The van der Waals surface area contributed by atoms with Gasteiger partial charge in [-0.15, -0.1) is 7.94 Å². The SMILES string of the molecule is O=P(O)(O)OS(=O)(=O)OP(=O)(O)O.[H-].[K+]. The van der Waals surface area contributed by atoms with Crippen LogP contribution >= 0.6 is 15.6 Å². The van der Waals surface area contributed by atoms with Crippen molar-refractivity contribution in [2.45, 2.75) is 0 Å². The molecule has 0 aromatic heterocycles. The van der Waals surface area contributed by atoms with Crippen LogP contribution in [0.4, 0.5) is 0 Å². The molecule has 4 N–H and O–H groups in total. The van der Waals surface area contributed by atoms with E-state index >= 15 is 0 Å². The summed E-state index contributed by atoms with van der Waals surface area (Å²) in [5, 5.41) is 0. The molecule has 0 aliphatic rings. The first-order valence-corrected chi connectivity index (χ1v) is 6.59. The van der Waals surface area contributed by atoms with Crippen LogP contribution in [0.15, 0.2) is 0 Å². The van der Waals surface area contributed by atoms with Crippen molar-refractivity contribution in [1.29, 1.82) is 0 Å². The van der Waals surface area contributed by atoms with E-state index in [0.29, 0.717) is 0 Å². The van der Waals surface area contributed by atoms with Crippen molar-refractivity contribution >= 4 is 26.0 Å². The maximum Gasteiger partial charge on any atom is 1.00 e. The van der Waals surface area contributed by atoms with Gasteiger partial charge in [-0.25, -0.2) is 9.13 Å². The Morgan fingerprint density at radius 2 is 1.14 bits per heavy atom. The fraction of sp³-hybridized carbons (Fsp3) is 0. The Morgan fingerprint density at radius 1 is 0.929 bits per heavy atom. The van der Waals surface area contributed by atoms with Crippen LogP contribution in [0, 0.1) is 0 Å². The number of hydrogen-bond donors (Lipinski definition) is 4. The van der Waals surface area contributed by atoms with E-state index < -0.39 is 26.0 Å². The summed E-state index contributed by atoms with van der Waals surface area (Å²) < 4.78 is 46.1. The normalized spacial score (nSPS) is 13.4. The first-order valence-electron chi connectivity index (χ1n) is 2.20. The predicted octanol–water partition coefficient (Wildman–Crippen LogP) is -4.43. The first-order chi connectivity index (χ1) is 5.41. The van der Waals surface area contributed by atoms with Gasteiger partial charge in [-0.3, -0.25) is 0 Å². The Labute approximate surface area is 122 Å². The minimum atomic E-state index is -5.43. The van der Waals surface area contributed by atoms with Crippen molar-refractivity contribution in [2.24, 2.45) is 0 Å². The van der Waals surface area contributed by atoms with Crippen LogP contribution < -0.4 is 51.4 Å². The molecule has 0 unspecified atom stereocenters. The van der Waals surface area contributed by atoms with Crippen molar-refractivity contribution in [3.63, 3.8) is 0 Å². The van der Waals surface area contributed by atoms with Gasteiger partial charge in [0.1, 0.15) is 0 Å². The van der Waals surface area contributed by atoms with Crippen LogP contribution in [0.2, 0.25) is 0 Å². The summed E-state index contributed by atoms with van der Waals surface area (Å²) in [5.41, 5.74) is 0. The summed E-state index contributed by atoms with van der Waals surface area (Å²) in [7, 11) is -16.3. The summed E-state index contributed by atoms with van der Waals surface area (Å²) in [6, 6.07) is 0. The third kappa shape index (κ3) is 11.9. The van der Waals surface area contributed by atoms with Crippen LogP contribution in [-0.4, -0.2) is 28.0 Å². The monoisotopic (exact) mass is 298 g/mol. The molecule has 0 saturated heterocycles. The maximum absolute atomic E-state index is 10.2. The van der Waals surface area contributed by atoms with Crippen LogP contribution in [0.25, 0.3) is 0 Å². The van der Waals surface area contributed by atoms with E-state index in [-0.39, 0.29) is 52.8 Å². The molecule has 0 saturated carbocycles. The molecule has 0 amide bonds. The van der Waals surface area contributed by atoms with E-state index in [1.54, 1.807) is 0 Å². The van der Waals surface area contributed by atoms with Crippen molar-refractivity contribution in [2.75, 3.05) is 0 Å². The Bertz CT molecular complexity index is 329. The van der Waals surface area contributed by atoms with Crippen molar-refractivity contribution in [1.82, 2.24) is 0 Å². The quantitative estimate of drug-likeness (QED) is 0.293. The van der Waals surface area contributed by atoms with E-state index in [2.05, 4.69) is 7.94 Å². The molecule has 0 aliphatic heterocycles. The van der Waals surface area contributed by atoms with Gasteiger partial charge in [0.2, 0.25) is 0 Å². The Morgan fingerprint density at radius 3 is 1.29 bits per heavy atom. The zero-order valence-corrected chi connectivity index (χ0v) is 12.3. The topological polar surface area (TPSA) is 168 Å². The molecule has 0 aromatic carbocycles. The average Bonchev–Trinajstić information content (AvgIpc) is 1.43. The molecule has 0 atom stereocenters. The smallest absolute Gasteiger partial charge is 1.00 e. The summed E-state index contributed by atoms with van der Waals surface area (Å²) in [5.74, 6) is 0. The van der Waals surface area contributed by atoms with Crippen molar-refractivity contribution in [3.05, 3.63) is 0 Å². The van der Waals surface area contributed by atoms with Gasteiger partial charge in [0.15, 0.2) is 0 Å². The maximum atomic E-state index is 10.2. The van der Waals surface area contributed by atoms with E-state index in [9.17, 15) is 17.5 Å². The van der Waals surface area contributed by atoms with Gasteiger partial charge in [0, 0.05) is 0 Å². The third-order valence-corrected chi connectivity index (χ3v) is 3.39. The van der Waals surface area contributed by atoms with Gasteiger partial charge in [-0.2, -0.15) is 8.42 Å². The van der Waals surface area contributed by atoms with Gasteiger partial charge in [0.05, 0.1) is 0 Å². The fourth-order valence-electron chi connectivity index (χ4n) is 0.251. The van der Waals surface area contributed by atoms with Crippen LogP contribution in [0.1, 0.15) is 1.43 Å². The molecule has 14 heteroatoms. The van der Waals surface area contributed by atoms with E-state index in [1.165, 1.54) is 0 Å². The molecular weight excluding hydrogens is 293 g/mol. The Kier molecular flexibility index (Phi) is 7.71. The van der Waals surface area contributed by atoms with E-state index in [4.69, 9.17) is 19.6 Å². The standard InChI is InChI=1S/K.H4O10P2S.H/c;1-11(2,3)9-13(7,8)10-12(4,5)6;/h;(H2,1,2,3)(H2,4,5,6);/q+1;;-1. The van der Waals surface area contributed by atoms with E-state index in [0.717, 1.165) is 0 Å². The zero-order valence-electron chi connectivity index (χ0n) is 7.54. The summed E-state index contributed by atoms with van der Waals surface area (Å²) >= 11 is 0. The molecule has 82 valence electrons. The minimum absolute atomic E-state index is 0. The largest absolute Gasteiger partial charge is 1.00 e. The minimum Gasteiger partial charge on any atom is -1.00 e. The van der Waals surface area contributed by atoms with Gasteiger partial charge in [-0.1, -0.05) is 0 Å². The molecule has 0 spiro atoms. The zero-order chi connectivity index (χ0) is 10.9. The van der Waals surface area contributed by atoms with Crippen LogP contribution in [-0.2, 0) is 27.5 Å². The fourth-order valence-corrected chi connectivity index (χ4v) is 2.51. The molecule has 14 heavy (non-hydrogen) atoms. The van der Waals surface area contributed by atoms with Crippen molar-refractivity contribution < 1.29 is 97.9 Å². The second-order valence-corrected chi connectivity index (χ2v) is 5.51. The molecule has 0 aromatic rings. The Balaban J connectivity index is -0.000000720. The second-order valence-electron chi connectivity index (χ2n) is 1.54. The molecule has 10 nitrogen and oxygen atoms in total. The summed E-state index contributed by atoms with van der Waals surface area (Å²) in [6.07, 6.45) is 0. The first kappa shape index (κ1) is 18.2. The molecule has 0 fully saturated rings. The molecule has 0 rings (SSSR count). The number of hydrogen-bond acceptors (Lipinski definition) is 6. The molecule has 0 aliphatic carbocycles. The van der Waals surface area contributed by atoms with Gasteiger partial charge < -0.3 is 21.0 Å². The summed E-state index contributed by atoms with van der Waals surface area (Å²) in [4.78, 5) is 31.7. The third-order valence-electron chi connectivity index (χ3n) is 0.377. The predicted molar refractivity (Wildman–Crippen MR) is 36.3 cm³/mol. The van der Waals surface area contributed by atoms with Crippen molar-refractivity contribution in [3.8, 4) is 0 Å².